The van der Waals surface area contributed by atoms with Crippen molar-refractivity contribution in [2.45, 2.75) is 19.4 Å². The predicted molar refractivity (Wildman–Crippen MR) is 86.2 cm³/mol. The summed E-state index contributed by atoms with van der Waals surface area (Å²) in [6.07, 6.45) is -0.423. The molecule has 1 N–H and O–H groups in total. The lowest BCUT2D eigenvalue weighted by Crippen LogP contribution is -2.32. The number of ether oxygens (including phenoxy) is 1. The second-order valence-corrected chi connectivity index (χ2v) is 5.38. The third-order valence-electron chi connectivity index (χ3n) is 2.96. The van der Waals surface area contributed by atoms with E-state index in [1.807, 2.05) is 0 Å². The van der Waals surface area contributed by atoms with Crippen LogP contribution in [0.15, 0.2) is 42.5 Å². The summed E-state index contributed by atoms with van der Waals surface area (Å²) in [5.74, 6) is -0.855. The van der Waals surface area contributed by atoms with Gasteiger partial charge in [0.1, 0.15) is 0 Å². The van der Waals surface area contributed by atoms with Crippen LogP contribution >= 0.6 is 23.2 Å². The van der Waals surface area contributed by atoms with Crippen LogP contribution in [0.4, 0.5) is 10.1 Å². The number of benzene rings is 2. The Morgan fingerprint density at radius 3 is 2.59 bits per heavy atom. The van der Waals surface area contributed by atoms with Gasteiger partial charge in [0.2, 0.25) is 0 Å². The Hall–Kier alpha value is -1.78. The first-order chi connectivity index (χ1) is 10.5. The molecule has 2 rings (SSSR count). The van der Waals surface area contributed by atoms with Gasteiger partial charge in [0.05, 0.1) is 10.0 Å². The number of anilines is 1. The van der Waals surface area contributed by atoms with Gasteiger partial charge in [0, 0.05) is 5.69 Å². The highest BCUT2D eigenvalue weighted by Crippen LogP contribution is 2.25. The van der Waals surface area contributed by atoms with E-state index >= 15 is 0 Å². The first-order valence-corrected chi connectivity index (χ1v) is 7.44. The molecule has 0 unspecified atom stereocenters. The minimum absolute atomic E-state index is 0.0404. The molecule has 2 aromatic carbocycles. The van der Waals surface area contributed by atoms with Crippen LogP contribution in [-0.4, -0.2) is 12.0 Å². The van der Waals surface area contributed by atoms with E-state index in [4.69, 9.17) is 27.9 Å². The third kappa shape index (κ3) is 4.12. The molecule has 0 aliphatic rings. The first-order valence-electron chi connectivity index (χ1n) is 6.68. The fraction of sp³-hybridized carbons (Fsp3) is 0.188. The number of carbonyl (C=O) groups is 1. The number of hydrogen-bond donors (Lipinski definition) is 1. The smallest absolute Gasteiger partial charge is 0.265 e. The average Bonchev–Trinajstić information content (AvgIpc) is 2.50. The SMILES string of the molecule is CC[C@H](Oc1ccccc1F)C(=O)Nc1ccc(Cl)c(Cl)c1. The van der Waals surface area contributed by atoms with Gasteiger partial charge in [0.15, 0.2) is 17.7 Å². The van der Waals surface area contributed by atoms with E-state index in [0.717, 1.165) is 0 Å². The van der Waals surface area contributed by atoms with Crippen molar-refractivity contribution in [3.63, 3.8) is 0 Å². The Bertz CT molecular complexity index is 679. The van der Waals surface area contributed by atoms with E-state index in [9.17, 15) is 9.18 Å². The molecule has 0 heterocycles. The van der Waals surface area contributed by atoms with Crippen LogP contribution in [-0.2, 0) is 4.79 Å². The summed E-state index contributed by atoms with van der Waals surface area (Å²) < 4.78 is 19.0. The fourth-order valence-electron chi connectivity index (χ4n) is 1.81. The van der Waals surface area contributed by atoms with E-state index in [1.165, 1.54) is 18.2 Å². The zero-order valence-electron chi connectivity index (χ0n) is 11.8. The number of nitrogens with one attached hydrogen (secondary N) is 1. The normalized spacial score (nSPS) is 11.8. The van der Waals surface area contributed by atoms with Crippen molar-refractivity contribution in [3.8, 4) is 5.75 Å². The molecule has 0 saturated heterocycles. The highest BCUT2D eigenvalue weighted by Gasteiger charge is 2.20. The maximum Gasteiger partial charge on any atom is 0.265 e. The molecule has 116 valence electrons. The van der Waals surface area contributed by atoms with Crippen LogP contribution in [0.25, 0.3) is 0 Å². The molecule has 0 fully saturated rings. The highest BCUT2D eigenvalue weighted by atomic mass is 35.5. The van der Waals surface area contributed by atoms with Crippen molar-refractivity contribution in [2.24, 2.45) is 0 Å². The van der Waals surface area contributed by atoms with Crippen molar-refractivity contribution in [2.75, 3.05) is 5.32 Å². The molecule has 0 radical (unpaired) electrons. The molecule has 0 aromatic heterocycles. The lowest BCUT2D eigenvalue weighted by atomic mass is 10.2. The van der Waals surface area contributed by atoms with Crippen molar-refractivity contribution in [1.29, 1.82) is 0 Å². The lowest BCUT2D eigenvalue weighted by Gasteiger charge is -2.17. The topological polar surface area (TPSA) is 38.3 Å². The Balaban J connectivity index is 2.08. The third-order valence-corrected chi connectivity index (χ3v) is 3.70. The molecule has 2 aromatic rings. The van der Waals surface area contributed by atoms with Gasteiger partial charge < -0.3 is 10.1 Å². The first kappa shape index (κ1) is 16.6. The van der Waals surface area contributed by atoms with Crippen molar-refractivity contribution < 1.29 is 13.9 Å². The molecule has 6 heteroatoms. The van der Waals surface area contributed by atoms with Crippen LogP contribution in [0.2, 0.25) is 10.0 Å². The molecule has 22 heavy (non-hydrogen) atoms. The average molecular weight is 342 g/mol. The Labute approximate surface area is 138 Å². The second kappa shape index (κ2) is 7.47. The number of carbonyl (C=O) groups excluding carboxylic acids is 1. The van der Waals surface area contributed by atoms with Gasteiger partial charge in [0.25, 0.3) is 5.91 Å². The molecular weight excluding hydrogens is 328 g/mol. The standard InChI is InChI=1S/C16H14Cl2FNO2/c1-2-14(22-15-6-4-3-5-13(15)19)16(21)20-10-7-8-11(17)12(18)9-10/h3-9,14H,2H2,1H3,(H,20,21)/t14-/m0/s1. The molecule has 1 amide bonds. The zero-order chi connectivity index (χ0) is 16.1. The quantitative estimate of drug-likeness (QED) is 0.837. The van der Waals surface area contributed by atoms with E-state index in [1.54, 1.807) is 31.2 Å². The van der Waals surface area contributed by atoms with E-state index in [2.05, 4.69) is 5.32 Å². The van der Waals surface area contributed by atoms with Crippen molar-refractivity contribution in [3.05, 3.63) is 58.3 Å². The second-order valence-electron chi connectivity index (χ2n) is 4.56. The fourth-order valence-corrected chi connectivity index (χ4v) is 2.11. The molecule has 1 atom stereocenters. The number of hydrogen-bond acceptors (Lipinski definition) is 2. The van der Waals surface area contributed by atoms with Gasteiger partial charge in [-0.25, -0.2) is 4.39 Å². The lowest BCUT2D eigenvalue weighted by molar-refractivity contribution is -0.122. The van der Waals surface area contributed by atoms with Gasteiger partial charge in [-0.3, -0.25) is 4.79 Å². The van der Waals surface area contributed by atoms with Gasteiger partial charge in [-0.1, -0.05) is 42.3 Å². The molecule has 0 aliphatic heterocycles. The summed E-state index contributed by atoms with van der Waals surface area (Å²) in [5, 5.41) is 3.40. The summed E-state index contributed by atoms with van der Waals surface area (Å²) in [4.78, 5) is 12.2. The van der Waals surface area contributed by atoms with Crippen LogP contribution in [0, 0.1) is 5.82 Å². The van der Waals surface area contributed by atoms with E-state index in [0.29, 0.717) is 22.2 Å². The summed E-state index contributed by atoms with van der Waals surface area (Å²) in [6, 6.07) is 10.7. The van der Waals surface area contributed by atoms with E-state index < -0.39 is 11.9 Å². The number of rotatable bonds is 5. The molecular formula is C16H14Cl2FNO2. The van der Waals surface area contributed by atoms with Crippen molar-refractivity contribution in [1.82, 2.24) is 0 Å². The van der Waals surface area contributed by atoms with Crippen LogP contribution in [0.1, 0.15) is 13.3 Å². The van der Waals surface area contributed by atoms with Gasteiger partial charge in [-0.2, -0.15) is 0 Å². The molecule has 0 aliphatic carbocycles. The van der Waals surface area contributed by atoms with Gasteiger partial charge in [-0.05, 0) is 36.8 Å². The van der Waals surface area contributed by atoms with Gasteiger partial charge >= 0.3 is 0 Å². The maximum absolute atomic E-state index is 13.6. The van der Waals surface area contributed by atoms with Gasteiger partial charge in [-0.15, -0.1) is 0 Å². The molecule has 0 bridgehead atoms. The molecule has 0 saturated carbocycles. The Morgan fingerprint density at radius 2 is 1.95 bits per heavy atom. The highest BCUT2D eigenvalue weighted by molar-refractivity contribution is 6.42. The minimum atomic E-state index is -0.814. The van der Waals surface area contributed by atoms with Crippen LogP contribution in [0.5, 0.6) is 5.75 Å². The Morgan fingerprint density at radius 1 is 1.23 bits per heavy atom. The maximum atomic E-state index is 13.6. The monoisotopic (exact) mass is 341 g/mol. The zero-order valence-corrected chi connectivity index (χ0v) is 13.3. The van der Waals surface area contributed by atoms with Crippen molar-refractivity contribution >= 4 is 34.8 Å². The summed E-state index contributed by atoms with van der Waals surface area (Å²) in [6.45, 7) is 1.78. The number of para-hydroxylation sites is 1. The number of amides is 1. The summed E-state index contributed by atoms with van der Waals surface area (Å²) in [7, 11) is 0. The minimum Gasteiger partial charge on any atom is -0.478 e. The summed E-state index contributed by atoms with van der Waals surface area (Å²) in [5.41, 5.74) is 0.495. The van der Waals surface area contributed by atoms with E-state index in [-0.39, 0.29) is 11.7 Å². The predicted octanol–water partition coefficient (Wildman–Crippen LogP) is 4.93. The largest absolute Gasteiger partial charge is 0.478 e. The number of halogens is 3. The van der Waals surface area contributed by atoms with Crippen LogP contribution in [0.3, 0.4) is 0 Å². The Kier molecular flexibility index (Phi) is 5.63. The van der Waals surface area contributed by atoms with Crippen LogP contribution < -0.4 is 10.1 Å². The molecule has 0 spiro atoms. The summed E-state index contributed by atoms with van der Waals surface area (Å²) >= 11 is 11.7. The molecule has 3 nitrogen and oxygen atoms in total.